The Morgan fingerprint density at radius 2 is 1.61 bits per heavy atom. The smallest absolute Gasteiger partial charge is 0.422 e. The maximum Gasteiger partial charge on any atom is 0.422 e. The van der Waals surface area contributed by atoms with Crippen LogP contribution in [0.25, 0.3) is 5.69 Å². The third-order valence-electron chi connectivity index (χ3n) is 2.63. The topological polar surface area (TPSA) is 52.9 Å². The molecule has 4 nitrogen and oxygen atoms in total. The van der Waals surface area contributed by atoms with Gasteiger partial charge in [-0.15, -0.1) is 0 Å². The van der Waals surface area contributed by atoms with Crippen LogP contribution in [-0.2, 0) is 17.5 Å². The van der Waals surface area contributed by atoms with Crippen LogP contribution < -0.4 is 4.72 Å². The standard InChI is InChI=1S/C11H6F7N3OS/c1-23(22)20-4-2-3-19-21(4)10-8(14)6(12)5(11(16,17)18)7(13)9(10)15/h2-3,20H,1H3. The monoisotopic (exact) mass is 361 g/mol. The summed E-state index contributed by atoms with van der Waals surface area (Å²) in [5, 5.41) is 3.36. The second-order valence-electron chi connectivity index (χ2n) is 4.16. The van der Waals surface area contributed by atoms with Gasteiger partial charge in [-0.3, -0.25) is 0 Å². The van der Waals surface area contributed by atoms with Crippen LogP contribution in [0.2, 0.25) is 0 Å². The summed E-state index contributed by atoms with van der Waals surface area (Å²) in [5.74, 6) is -10.1. The van der Waals surface area contributed by atoms with E-state index < -0.39 is 52.1 Å². The van der Waals surface area contributed by atoms with Gasteiger partial charge in [0.15, 0.2) is 29.1 Å². The number of hydrogen-bond donors (Lipinski definition) is 1. The van der Waals surface area contributed by atoms with E-state index in [0.29, 0.717) is 0 Å². The Bertz CT molecular complexity index is 715. The molecule has 12 heteroatoms. The third kappa shape index (κ3) is 3.08. The van der Waals surface area contributed by atoms with Crippen LogP contribution in [0.15, 0.2) is 12.3 Å². The van der Waals surface area contributed by atoms with E-state index in [1.54, 1.807) is 0 Å². The van der Waals surface area contributed by atoms with Crippen molar-refractivity contribution in [3.8, 4) is 5.69 Å². The molecule has 0 aliphatic heterocycles. The van der Waals surface area contributed by atoms with Crippen LogP contribution in [0.1, 0.15) is 5.56 Å². The number of aromatic nitrogens is 2. The SMILES string of the molecule is C[S+]([O-])Nc1ccnn1-c1c(F)c(F)c(C(F)(F)F)c(F)c1F. The summed E-state index contributed by atoms with van der Waals surface area (Å²) >= 11 is -1.74. The van der Waals surface area contributed by atoms with E-state index >= 15 is 0 Å². The van der Waals surface area contributed by atoms with Crippen LogP contribution in [0.4, 0.5) is 36.6 Å². The minimum atomic E-state index is -5.63. The van der Waals surface area contributed by atoms with Gasteiger partial charge in [0, 0.05) is 6.07 Å². The average molecular weight is 361 g/mol. The van der Waals surface area contributed by atoms with Gasteiger partial charge in [0.2, 0.25) is 0 Å². The van der Waals surface area contributed by atoms with Crippen molar-refractivity contribution in [1.29, 1.82) is 0 Å². The fraction of sp³-hybridized carbons (Fsp3) is 0.182. The molecule has 0 bridgehead atoms. The normalized spacial score (nSPS) is 13.3. The fourth-order valence-electron chi connectivity index (χ4n) is 1.76. The number of alkyl halides is 3. The Morgan fingerprint density at radius 1 is 1.09 bits per heavy atom. The van der Waals surface area contributed by atoms with Crippen molar-refractivity contribution in [2.75, 3.05) is 11.0 Å². The van der Waals surface area contributed by atoms with Gasteiger partial charge in [-0.2, -0.15) is 23.0 Å². The maximum atomic E-state index is 13.9. The van der Waals surface area contributed by atoms with Gasteiger partial charge in [-0.05, 0) is 0 Å². The van der Waals surface area contributed by atoms with Gasteiger partial charge >= 0.3 is 6.18 Å². The molecule has 1 heterocycles. The zero-order chi connectivity index (χ0) is 17.5. The molecule has 0 radical (unpaired) electrons. The molecule has 1 N–H and O–H groups in total. The van der Waals surface area contributed by atoms with Crippen molar-refractivity contribution in [2.45, 2.75) is 6.18 Å². The molecule has 0 spiro atoms. The molecule has 126 valence electrons. The lowest BCUT2D eigenvalue weighted by Crippen LogP contribution is -2.20. The summed E-state index contributed by atoms with van der Waals surface area (Å²) < 4.78 is 106. The lowest BCUT2D eigenvalue weighted by atomic mass is 10.1. The molecular formula is C11H6F7N3OS. The van der Waals surface area contributed by atoms with Gasteiger partial charge in [0.1, 0.15) is 17.5 Å². The first-order valence-electron chi connectivity index (χ1n) is 5.63. The minimum absolute atomic E-state index is 0.262. The summed E-state index contributed by atoms with van der Waals surface area (Å²) in [6, 6.07) is 1.05. The molecule has 1 unspecified atom stereocenters. The molecule has 0 saturated heterocycles. The summed E-state index contributed by atoms with van der Waals surface area (Å²) in [6.45, 7) is 0. The van der Waals surface area contributed by atoms with E-state index in [1.807, 2.05) is 0 Å². The number of rotatable bonds is 3. The minimum Gasteiger partial charge on any atom is -0.593 e. The summed E-state index contributed by atoms with van der Waals surface area (Å²) in [7, 11) is 0. The molecule has 1 aromatic heterocycles. The summed E-state index contributed by atoms with van der Waals surface area (Å²) in [6.07, 6.45) is -3.57. The van der Waals surface area contributed by atoms with E-state index in [9.17, 15) is 35.3 Å². The van der Waals surface area contributed by atoms with Crippen LogP contribution in [0.3, 0.4) is 0 Å². The van der Waals surface area contributed by atoms with E-state index in [2.05, 4.69) is 9.82 Å². The molecule has 1 atom stereocenters. The number of halogens is 7. The molecule has 2 rings (SSSR count). The van der Waals surface area contributed by atoms with E-state index in [4.69, 9.17) is 0 Å². The molecule has 0 aliphatic carbocycles. The Hall–Kier alpha value is -1.95. The molecule has 2 aromatic rings. The lowest BCUT2D eigenvalue weighted by Gasteiger charge is -2.15. The zero-order valence-corrected chi connectivity index (χ0v) is 11.8. The first-order chi connectivity index (χ1) is 10.6. The van der Waals surface area contributed by atoms with Crippen LogP contribution in [-0.4, -0.2) is 20.6 Å². The first kappa shape index (κ1) is 17.4. The summed E-state index contributed by atoms with van der Waals surface area (Å²) in [4.78, 5) is 0. The molecule has 0 aliphatic rings. The summed E-state index contributed by atoms with van der Waals surface area (Å²) in [5.41, 5.74) is -4.19. The van der Waals surface area contributed by atoms with Gasteiger partial charge in [0.25, 0.3) is 0 Å². The predicted molar refractivity (Wildman–Crippen MR) is 66.1 cm³/mol. The fourth-order valence-corrected chi connectivity index (χ4v) is 2.21. The number of hydrogen-bond acceptors (Lipinski definition) is 3. The van der Waals surface area contributed by atoms with Crippen molar-refractivity contribution >= 4 is 17.2 Å². The van der Waals surface area contributed by atoms with Crippen molar-refractivity contribution in [3.05, 3.63) is 41.1 Å². The number of nitrogens with one attached hydrogen (secondary N) is 1. The second kappa shape index (κ2) is 5.92. The number of nitrogens with zero attached hydrogens (tertiary/aromatic N) is 2. The van der Waals surface area contributed by atoms with Crippen molar-refractivity contribution in [2.24, 2.45) is 0 Å². The van der Waals surface area contributed by atoms with Crippen molar-refractivity contribution in [1.82, 2.24) is 9.78 Å². The zero-order valence-electron chi connectivity index (χ0n) is 11.0. The van der Waals surface area contributed by atoms with Gasteiger partial charge in [-0.25, -0.2) is 22.2 Å². The molecule has 0 fully saturated rings. The average Bonchev–Trinajstić information content (AvgIpc) is 2.83. The van der Waals surface area contributed by atoms with Crippen LogP contribution in [0, 0.1) is 23.3 Å². The van der Waals surface area contributed by atoms with Gasteiger partial charge in [-0.1, -0.05) is 0 Å². The Kier molecular flexibility index (Phi) is 4.48. The van der Waals surface area contributed by atoms with E-state index in [-0.39, 0.29) is 10.5 Å². The van der Waals surface area contributed by atoms with Gasteiger partial charge in [0.05, 0.1) is 17.6 Å². The highest BCUT2D eigenvalue weighted by Gasteiger charge is 2.43. The van der Waals surface area contributed by atoms with Crippen molar-refractivity contribution < 1.29 is 35.3 Å². The molecule has 0 amide bonds. The maximum absolute atomic E-state index is 13.9. The highest BCUT2D eigenvalue weighted by atomic mass is 32.2. The van der Waals surface area contributed by atoms with E-state index in [1.165, 1.54) is 0 Å². The quantitative estimate of drug-likeness (QED) is 0.519. The predicted octanol–water partition coefficient (Wildman–Crippen LogP) is 3.15. The second-order valence-corrected chi connectivity index (χ2v) is 5.27. The highest BCUT2D eigenvalue weighted by molar-refractivity contribution is 7.92. The number of anilines is 1. The van der Waals surface area contributed by atoms with Crippen molar-refractivity contribution in [3.63, 3.8) is 0 Å². The Morgan fingerprint density at radius 3 is 2.04 bits per heavy atom. The lowest BCUT2D eigenvalue weighted by molar-refractivity contribution is -0.143. The third-order valence-corrected chi connectivity index (χ3v) is 3.12. The Labute approximate surface area is 127 Å². The highest BCUT2D eigenvalue weighted by Crippen LogP contribution is 2.38. The largest absolute Gasteiger partial charge is 0.593 e. The first-order valence-corrected chi connectivity index (χ1v) is 7.19. The van der Waals surface area contributed by atoms with Crippen LogP contribution >= 0.6 is 0 Å². The molecule has 0 saturated carbocycles. The molecule has 1 aromatic carbocycles. The van der Waals surface area contributed by atoms with Gasteiger partial charge < -0.3 is 4.55 Å². The Balaban J connectivity index is 2.74. The molecular weight excluding hydrogens is 355 g/mol. The molecule has 23 heavy (non-hydrogen) atoms. The number of benzene rings is 1. The van der Waals surface area contributed by atoms with E-state index in [0.717, 1.165) is 18.5 Å². The van der Waals surface area contributed by atoms with Crippen LogP contribution in [0.5, 0.6) is 0 Å².